The van der Waals surface area contributed by atoms with Crippen molar-refractivity contribution >= 4 is 28.2 Å². The van der Waals surface area contributed by atoms with Gasteiger partial charge in [-0.1, -0.05) is 23.5 Å². The number of anilines is 2. The third kappa shape index (κ3) is 3.70. The number of urea groups is 1. The van der Waals surface area contributed by atoms with Crippen LogP contribution in [-0.2, 0) is 0 Å². The Hall–Kier alpha value is -2.35. The average Bonchev–Trinajstić information content (AvgIpc) is 3.09. The van der Waals surface area contributed by atoms with Crippen molar-refractivity contribution in [2.75, 3.05) is 43.0 Å². The summed E-state index contributed by atoms with van der Waals surface area (Å²) < 4.78 is 5.69. The summed E-state index contributed by atoms with van der Waals surface area (Å²) in [6, 6.07) is 7.89. The van der Waals surface area contributed by atoms with E-state index in [-0.39, 0.29) is 6.03 Å². The molecule has 1 N–H and O–H groups in total. The third-order valence-electron chi connectivity index (χ3n) is 3.65. The Labute approximate surface area is 138 Å². The van der Waals surface area contributed by atoms with E-state index >= 15 is 0 Å². The Balaban J connectivity index is 1.59. The lowest BCUT2D eigenvalue weighted by Crippen LogP contribution is -2.50. The predicted octanol–water partition coefficient (Wildman–Crippen LogP) is 2.29. The lowest BCUT2D eigenvalue weighted by atomic mass is 10.2. The number of amides is 2. The number of nitrogens with one attached hydrogen (secondary N) is 1. The van der Waals surface area contributed by atoms with Crippen LogP contribution in [0, 0.1) is 0 Å². The molecule has 1 aromatic carbocycles. The minimum absolute atomic E-state index is 0.125. The summed E-state index contributed by atoms with van der Waals surface area (Å²) in [7, 11) is 0. The smallest absolute Gasteiger partial charge is 0.323 e. The zero-order valence-electron chi connectivity index (χ0n) is 12.9. The molecule has 23 heavy (non-hydrogen) atoms. The van der Waals surface area contributed by atoms with E-state index in [1.54, 1.807) is 10.4 Å². The molecular weight excluding hydrogens is 314 g/mol. The molecule has 7 nitrogen and oxygen atoms in total. The third-order valence-corrected chi connectivity index (χ3v) is 4.25. The van der Waals surface area contributed by atoms with Crippen LogP contribution in [0.5, 0.6) is 5.75 Å². The zero-order valence-corrected chi connectivity index (χ0v) is 13.8. The fraction of sp³-hybridized carbons (Fsp3) is 0.400. The van der Waals surface area contributed by atoms with Crippen molar-refractivity contribution in [3.63, 3.8) is 0 Å². The second-order valence-corrected chi connectivity index (χ2v) is 5.88. The molecule has 0 atom stereocenters. The highest BCUT2D eigenvalue weighted by molar-refractivity contribution is 7.13. The van der Waals surface area contributed by atoms with E-state index in [0.29, 0.717) is 24.8 Å². The zero-order chi connectivity index (χ0) is 16.1. The number of nitrogens with zero attached hydrogens (tertiary/aromatic N) is 4. The quantitative estimate of drug-likeness (QED) is 0.929. The maximum Gasteiger partial charge on any atom is 0.323 e. The van der Waals surface area contributed by atoms with Gasteiger partial charge >= 0.3 is 6.03 Å². The van der Waals surface area contributed by atoms with Gasteiger partial charge in [-0.15, -0.1) is 10.2 Å². The van der Waals surface area contributed by atoms with Crippen molar-refractivity contribution in [2.24, 2.45) is 0 Å². The average molecular weight is 333 g/mol. The molecule has 1 fully saturated rings. The number of hydrogen-bond acceptors (Lipinski definition) is 6. The molecule has 3 rings (SSSR count). The summed E-state index contributed by atoms with van der Waals surface area (Å²) in [4.78, 5) is 16.2. The number of carbonyl (C=O) groups excluding carboxylic acids is 1. The van der Waals surface area contributed by atoms with Gasteiger partial charge in [0.15, 0.2) is 0 Å². The van der Waals surface area contributed by atoms with E-state index in [4.69, 9.17) is 4.74 Å². The number of ether oxygens (including phenoxy) is 1. The van der Waals surface area contributed by atoms with Crippen LogP contribution in [-0.4, -0.2) is 53.9 Å². The molecule has 1 aliphatic rings. The van der Waals surface area contributed by atoms with Crippen molar-refractivity contribution in [2.45, 2.75) is 6.92 Å². The maximum absolute atomic E-state index is 12.2. The van der Waals surface area contributed by atoms with Gasteiger partial charge in [0.05, 0.1) is 12.3 Å². The lowest BCUT2D eigenvalue weighted by Gasteiger charge is -2.36. The monoisotopic (exact) mass is 333 g/mol. The van der Waals surface area contributed by atoms with Gasteiger partial charge in [0.2, 0.25) is 5.13 Å². The van der Waals surface area contributed by atoms with E-state index in [1.165, 1.54) is 11.3 Å². The molecule has 1 aromatic heterocycles. The van der Waals surface area contributed by atoms with Crippen LogP contribution in [0.1, 0.15) is 6.92 Å². The minimum atomic E-state index is -0.125. The Morgan fingerprint density at radius 2 is 2.09 bits per heavy atom. The largest absolute Gasteiger partial charge is 0.492 e. The van der Waals surface area contributed by atoms with Gasteiger partial charge in [0.25, 0.3) is 0 Å². The fourth-order valence-corrected chi connectivity index (χ4v) is 2.98. The molecule has 8 heteroatoms. The number of hydrogen-bond donors (Lipinski definition) is 1. The number of rotatable bonds is 4. The van der Waals surface area contributed by atoms with Gasteiger partial charge in [0, 0.05) is 26.2 Å². The van der Waals surface area contributed by atoms with Gasteiger partial charge in [0.1, 0.15) is 11.3 Å². The Kier molecular flexibility index (Phi) is 4.92. The molecule has 122 valence electrons. The van der Waals surface area contributed by atoms with E-state index in [1.807, 2.05) is 25.1 Å². The molecular formula is C15H19N5O2S. The molecule has 2 aromatic rings. The Morgan fingerprint density at radius 1 is 1.30 bits per heavy atom. The van der Waals surface area contributed by atoms with E-state index in [0.717, 1.165) is 24.5 Å². The van der Waals surface area contributed by atoms with Gasteiger partial charge in [-0.25, -0.2) is 4.79 Å². The van der Waals surface area contributed by atoms with Gasteiger partial charge in [-0.05, 0) is 19.1 Å². The number of aromatic nitrogens is 2. The first-order valence-corrected chi connectivity index (χ1v) is 8.44. The molecule has 0 bridgehead atoms. The first-order valence-electron chi connectivity index (χ1n) is 7.57. The fourth-order valence-electron chi connectivity index (χ4n) is 2.54. The van der Waals surface area contributed by atoms with Crippen LogP contribution in [0.2, 0.25) is 0 Å². The number of para-hydroxylation sites is 2. The normalized spacial score (nSPS) is 14.7. The molecule has 0 unspecified atom stereocenters. The van der Waals surface area contributed by atoms with Crippen molar-refractivity contribution < 1.29 is 9.53 Å². The SMILES string of the molecule is CCOc1ccccc1N1CCN(C(=O)Nc2nncs2)CC1. The molecule has 0 saturated carbocycles. The van der Waals surface area contributed by atoms with Crippen molar-refractivity contribution in [1.29, 1.82) is 0 Å². The highest BCUT2D eigenvalue weighted by Crippen LogP contribution is 2.28. The summed E-state index contributed by atoms with van der Waals surface area (Å²) in [6.45, 7) is 5.48. The highest BCUT2D eigenvalue weighted by atomic mass is 32.1. The summed E-state index contributed by atoms with van der Waals surface area (Å²) in [5.74, 6) is 0.891. The van der Waals surface area contributed by atoms with Crippen LogP contribution in [0.25, 0.3) is 0 Å². The molecule has 1 aliphatic heterocycles. The summed E-state index contributed by atoms with van der Waals surface area (Å²) in [6.07, 6.45) is 0. The lowest BCUT2D eigenvalue weighted by molar-refractivity contribution is 0.208. The minimum Gasteiger partial charge on any atom is -0.492 e. The van der Waals surface area contributed by atoms with Crippen LogP contribution in [0.15, 0.2) is 29.8 Å². The van der Waals surface area contributed by atoms with Crippen molar-refractivity contribution in [3.05, 3.63) is 29.8 Å². The predicted molar refractivity (Wildman–Crippen MR) is 90.3 cm³/mol. The summed E-state index contributed by atoms with van der Waals surface area (Å²) in [5.41, 5.74) is 2.68. The van der Waals surface area contributed by atoms with Gasteiger partial charge < -0.3 is 14.5 Å². The van der Waals surface area contributed by atoms with Gasteiger partial charge in [-0.3, -0.25) is 5.32 Å². The number of piperazine rings is 1. The second-order valence-electron chi connectivity index (χ2n) is 5.05. The molecule has 0 spiro atoms. The van der Waals surface area contributed by atoms with E-state index < -0.39 is 0 Å². The van der Waals surface area contributed by atoms with E-state index in [2.05, 4.69) is 26.5 Å². The standard InChI is InChI=1S/C15H19N5O2S/c1-2-22-13-6-4-3-5-12(13)19-7-9-20(10-8-19)15(21)17-14-18-16-11-23-14/h3-6,11H,2,7-10H2,1H3,(H,17,18,21). The molecule has 2 heterocycles. The topological polar surface area (TPSA) is 70.6 Å². The Morgan fingerprint density at radius 3 is 2.78 bits per heavy atom. The first-order chi connectivity index (χ1) is 11.3. The van der Waals surface area contributed by atoms with Crippen LogP contribution < -0.4 is 15.0 Å². The van der Waals surface area contributed by atoms with Crippen molar-refractivity contribution in [1.82, 2.24) is 15.1 Å². The highest BCUT2D eigenvalue weighted by Gasteiger charge is 2.23. The summed E-state index contributed by atoms with van der Waals surface area (Å²) >= 11 is 1.31. The maximum atomic E-state index is 12.2. The Bertz CT molecular complexity index is 641. The molecule has 0 radical (unpaired) electrons. The van der Waals surface area contributed by atoms with Crippen LogP contribution in [0.3, 0.4) is 0 Å². The molecule has 0 aliphatic carbocycles. The first kappa shape index (κ1) is 15.5. The molecule has 1 saturated heterocycles. The molecule has 2 amide bonds. The van der Waals surface area contributed by atoms with Crippen LogP contribution >= 0.6 is 11.3 Å². The van der Waals surface area contributed by atoms with Crippen molar-refractivity contribution in [3.8, 4) is 5.75 Å². The summed E-state index contributed by atoms with van der Waals surface area (Å²) in [5, 5.41) is 10.8. The number of carbonyl (C=O) groups is 1. The second kappa shape index (κ2) is 7.28. The van der Waals surface area contributed by atoms with E-state index in [9.17, 15) is 4.79 Å². The van der Waals surface area contributed by atoms with Gasteiger partial charge in [-0.2, -0.15) is 0 Å². The van der Waals surface area contributed by atoms with Crippen LogP contribution in [0.4, 0.5) is 15.6 Å². The number of benzene rings is 1.